The van der Waals surface area contributed by atoms with E-state index in [1.807, 2.05) is 12.1 Å². The quantitative estimate of drug-likeness (QED) is 0.538. The molecule has 0 amide bonds. The summed E-state index contributed by atoms with van der Waals surface area (Å²) in [6.07, 6.45) is 3.74. The van der Waals surface area contributed by atoms with E-state index in [0.29, 0.717) is 11.1 Å². The Bertz CT molecular complexity index is 805. The molecule has 1 atom stereocenters. The molecule has 0 radical (unpaired) electrons. The molecule has 1 aromatic heterocycles. The zero-order valence-corrected chi connectivity index (χ0v) is 18.3. The van der Waals surface area contributed by atoms with Crippen LogP contribution in [0.5, 0.6) is 0 Å². The van der Waals surface area contributed by atoms with E-state index < -0.39 is 0 Å². The maximum absolute atomic E-state index is 6.30. The fourth-order valence-electron chi connectivity index (χ4n) is 3.45. The summed E-state index contributed by atoms with van der Waals surface area (Å²) in [6.45, 7) is 5.48. The van der Waals surface area contributed by atoms with Crippen LogP contribution in [-0.2, 0) is 6.42 Å². The third-order valence-electron chi connectivity index (χ3n) is 5.04. The highest BCUT2D eigenvalue weighted by Gasteiger charge is 2.25. The van der Waals surface area contributed by atoms with Crippen LogP contribution < -0.4 is 20.4 Å². The van der Waals surface area contributed by atoms with Crippen LogP contribution in [0, 0.1) is 0 Å². The van der Waals surface area contributed by atoms with Gasteiger partial charge in [-0.15, -0.1) is 0 Å². The maximum atomic E-state index is 6.30. The molecule has 2 heterocycles. The van der Waals surface area contributed by atoms with Gasteiger partial charge in [0.05, 0.1) is 5.02 Å². The van der Waals surface area contributed by atoms with Crippen molar-refractivity contribution in [2.45, 2.75) is 25.8 Å². The van der Waals surface area contributed by atoms with Gasteiger partial charge in [0.2, 0.25) is 0 Å². The van der Waals surface area contributed by atoms with Gasteiger partial charge in [0, 0.05) is 58.2 Å². The molecule has 0 saturated carbocycles. The first-order valence-electron chi connectivity index (χ1n) is 10.2. The maximum Gasteiger partial charge on any atom is 0.191 e. The minimum absolute atomic E-state index is 0.324. The number of halogens is 1. The van der Waals surface area contributed by atoms with Crippen LogP contribution in [0.4, 0.5) is 11.5 Å². The average molecular weight is 415 g/mol. The summed E-state index contributed by atoms with van der Waals surface area (Å²) in [5.41, 5.74) is 2.51. The van der Waals surface area contributed by atoms with Gasteiger partial charge < -0.3 is 20.4 Å². The van der Waals surface area contributed by atoms with Crippen molar-refractivity contribution in [2.75, 3.05) is 50.1 Å². The van der Waals surface area contributed by atoms with Crippen LogP contribution >= 0.6 is 11.6 Å². The molecular formula is C22H31ClN6. The fraction of sp³-hybridized carbons (Fsp3) is 0.455. The monoisotopic (exact) mass is 414 g/mol. The molecule has 1 aliphatic heterocycles. The van der Waals surface area contributed by atoms with Crippen molar-refractivity contribution in [3.05, 3.63) is 53.2 Å². The van der Waals surface area contributed by atoms with Crippen LogP contribution in [0.2, 0.25) is 5.02 Å². The lowest BCUT2D eigenvalue weighted by molar-refractivity contribution is 0.648. The molecule has 7 heteroatoms. The van der Waals surface area contributed by atoms with E-state index in [1.54, 1.807) is 6.20 Å². The van der Waals surface area contributed by atoms with Gasteiger partial charge in [-0.05, 0) is 49.6 Å². The molecule has 156 valence electrons. The predicted octanol–water partition coefficient (Wildman–Crippen LogP) is 3.18. The molecule has 1 aromatic carbocycles. The molecule has 0 aliphatic carbocycles. The summed E-state index contributed by atoms with van der Waals surface area (Å²) in [5, 5.41) is 7.63. The van der Waals surface area contributed by atoms with Crippen molar-refractivity contribution in [2.24, 2.45) is 4.99 Å². The Kier molecular flexibility index (Phi) is 7.58. The standard InChI is InChI=1S/C22H31ClN6/c1-4-24-22(26-14-11-17-7-9-19(10-8-17)28(2)3)27-18-12-15-29(16-18)21-20(23)6-5-13-25-21/h5-10,13,18H,4,11-12,14-16H2,1-3H3,(H2,24,26,27). The van der Waals surface area contributed by atoms with Crippen LogP contribution in [0.25, 0.3) is 0 Å². The fourth-order valence-corrected chi connectivity index (χ4v) is 3.69. The topological polar surface area (TPSA) is 55.8 Å². The van der Waals surface area contributed by atoms with E-state index >= 15 is 0 Å². The lowest BCUT2D eigenvalue weighted by Gasteiger charge is -2.20. The van der Waals surface area contributed by atoms with Crippen LogP contribution in [0.1, 0.15) is 18.9 Å². The van der Waals surface area contributed by atoms with E-state index in [2.05, 4.69) is 70.7 Å². The molecule has 0 bridgehead atoms. The third-order valence-corrected chi connectivity index (χ3v) is 5.33. The average Bonchev–Trinajstić information content (AvgIpc) is 3.17. The lowest BCUT2D eigenvalue weighted by atomic mass is 10.1. The number of nitrogens with one attached hydrogen (secondary N) is 2. The number of rotatable bonds is 7. The van der Waals surface area contributed by atoms with Crippen molar-refractivity contribution < 1.29 is 0 Å². The molecule has 0 spiro atoms. The second-order valence-electron chi connectivity index (χ2n) is 7.46. The van der Waals surface area contributed by atoms with Crippen molar-refractivity contribution in [1.29, 1.82) is 0 Å². The summed E-state index contributed by atoms with van der Waals surface area (Å²) in [4.78, 5) is 13.5. The van der Waals surface area contributed by atoms with Crippen molar-refractivity contribution in [3.63, 3.8) is 0 Å². The minimum atomic E-state index is 0.324. The summed E-state index contributed by atoms with van der Waals surface area (Å²) in [5.74, 6) is 1.73. The summed E-state index contributed by atoms with van der Waals surface area (Å²) < 4.78 is 0. The van der Waals surface area contributed by atoms with Crippen molar-refractivity contribution >= 4 is 29.1 Å². The number of benzene rings is 1. The van der Waals surface area contributed by atoms with Gasteiger partial charge in [-0.1, -0.05) is 23.7 Å². The number of hydrogen-bond acceptors (Lipinski definition) is 4. The number of hydrogen-bond donors (Lipinski definition) is 2. The Hall–Kier alpha value is -2.47. The first-order chi connectivity index (χ1) is 14.1. The van der Waals surface area contributed by atoms with E-state index in [9.17, 15) is 0 Å². The Morgan fingerprint density at radius 2 is 2.07 bits per heavy atom. The SMILES string of the molecule is CCNC(=NCCc1ccc(N(C)C)cc1)NC1CCN(c2ncccc2Cl)C1. The zero-order valence-electron chi connectivity index (χ0n) is 17.5. The van der Waals surface area contributed by atoms with Crippen LogP contribution in [0.15, 0.2) is 47.6 Å². The highest BCUT2D eigenvalue weighted by Crippen LogP contribution is 2.25. The second-order valence-corrected chi connectivity index (χ2v) is 7.86. The number of anilines is 2. The number of aliphatic imine (C=N–C) groups is 1. The molecule has 2 aromatic rings. The first-order valence-corrected chi connectivity index (χ1v) is 10.6. The van der Waals surface area contributed by atoms with Gasteiger partial charge >= 0.3 is 0 Å². The first kappa shape index (κ1) is 21.2. The predicted molar refractivity (Wildman–Crippen MR) is 123 cm³/mol. The van der Waals surface area contributed by atoms with Crippen molar-refractivity contribution in [1.82, 2.24) is 15.6 Å². The molecule has 6 nitrogen and oxygen atoms in total. The van der Waals surface area contributed by atoms with Crippen molar-refractivity contribution in [3.8, 4) is 0 Å². The summed E-state index contributed by atoms with van der Waals surface area (Å²) in [6, 6.07) is 12.7. The van der Waals surface area contributed by atoms with Gasteiger partial charge in [0.1, 0.15) is 5.82 Å². The second kappa shape index (κ2) is 10.3. The van der Waals surface area contributed by atoms with E-state index in [-0.39, 0.29) is 0 Å². The van der Waals surface area contributed by atoms with Gasteiger partial charge in [0.25, 0.3) is 0 Å². The van der Waals surface area contributed by atoms with Gasteiger partial charge in [-0.3, -0.25) is 4.99 Å². The molecule has 1 fully saturated rings. The number of pyridine rings is 1. The van der Waals surface area contributed by atoms with Gasteiger partial charge in [-0.25, -0.2) is 4.98 Å². The molecule has 3 rings (SSSR count). The highest BCUT2D eigenvalue weighted by atomic mass is 35.5. The largest absolute Gasteiger partial charge is 0.378 e. The number of aromatic nitrogens is 1. The zero-order chi connectivity index (χ0) is 20.6. The minimum Gasteiger partial charge on any atom is -0.378 e. The smallest absolute Gasteiger partial charge is 0.191 e. The Labute approximate surface area is 179 Å². The van der Waals surface area contributed by atoms with Gasteiger partial charge in [-0.2, -0.15) is 0 Å². The Morgan fingerprint density at radius 3 is 2.76 bits per heavy atom. The summed E-state index contributed by atoms with van der Waals surface area (Å²) in [7, 11) is 4.11. The molecular weight excluding hydrogens is 384 g/mol. The van der Waals surface area contributed by atoms with E-state index in [0.717, 1.165) is 50.8 Å². The van der Waals surface area contributed by atoms with E-state index in [1.165, 1.54) is 11.3 Å². The Morgan fingerprint density at radius 1 is 1.28 bits per heavy atom. The molecule has 2 N–H and O–H groups in total. The highest BCUT2D eigenvalue weighted by molar-refractivity contribution is 6.32. The molecule has 29 heavy (non-hydrogen) atoms. The normalized spacial score (nSPS) is 16.8. The molecule has 1 unspecified atom stereocenters. The number of guanidine groups is 1. The summed E-state index contributed by atoms with van der Waals surface area (Å²) >= 11 is 6.30. The van der Waals surface area contributed by atoms with Crippen LogP contribution in [-0.4, -0.2) is 57.3 Å². The lowest BCUT2D eigenvalue weighted by Crippen LogP contribution is -2.44. The van der Waals surface area contributed by atoms with Crippen LogP contribution in [0.3, 0.4) is 0 Å². The van der Waals surface area contributed by atoms with Gasteiger partial charge in [0.15, 0.2) is 5.96 Å². The Balaban J connectivity index is 1.53. The molecule has 1 saturated heterocycles. The third kappa shape index (κ3) is 6.00. The molecule has 1 aliphatic rings. The number of nitrogens with zero attached hydrogens (tertiary/aromatic N) is 4. The van der Waals surface area contributed by atoms with E-state index in [4.69, 9.17) is 16.6 Å².